The van der Waals surface area contributed by atoms with E-state index >= 15 is 0 Å². The van der Waals surface area contributed by atoms with E-state index in [-0.39, 0.29) is 0 Å². The first-order chi connectivity index (χ1) is 6.36. The van der Waals surface area contributed by atoms with Crippen LogP contribution < -0.4 is 0 Å². The molecule has 0 bridgehead atoms. The Labute approximate surface area is 85.7 Å². The molecule has 0 atom stereocenters. The topological polar surface area (TPSA) is 31.2 Å². The van der Waals surface area contributed by atoms with Gasteiger partial charge in [0.25, 0.3) is 0 Å². The molecule has 0 aromatic rings. The molecule has 0 unspecified atom stereocenters. The molecule has 0 amide bonds. The minimum absolute atomic E-state index is 0.865. The number of thioether (sulfide) groups is 1. The van der Waals surface area contributed by atoms with Crippen LogP contribution >= 0.6 is 24.0 Å². The Morgan fingerprint density at radius 3 is 2.15 bits per heavy atom. The molecule has 0 spiro atoms. The Kier molecular flexibility index (Phi) is 1.60. The summed E-state index contributed by atoms with van der Waals surface area (Å²) in [4.78, 5) is 13.0. The van der Waals surface area contributed by atoms with E-state index < -0.39 is 0 Å². The van der Waals surface area contributed by atoms with Crippen LogP contribution in [0.25, 0.3) is 0 Å². The Bertz CT molecular complexity index is 305. The zero-order valence-corrected chi connectivity index (χ0v) is 8.57. The fourth-order valence-corrected chi connectivity index (χ4v) is 3.13. The van der Waals surface area contributed by atoms with E-state index in [1.54, 1.807) is 11.8 Å². The van der Waals surface area contributed by atoms with Crippen molar-refractivity contribution in [3.63, 3.8) is 0 Å². The van der Waals surface area contributed by atoms with Gasteiger partial charge < -0.3 is 0 Å². The van der Waals surface area contributed by atoms with Crippen LogP contribution in [-0.2, 0) is 0 Å². The number of nitrogens with zero attached hydrogens (tertiary/aromatic N) is 4. The van der Waals surface area contributed by atoms with Crippen LogP contribution in [0.15, 0.2) is 9.98 Å². The van der Waals surface area contributed by atoms with Crippen molar-refractivity contribution < 1.29 is 0 Å². The number of hydrogen-bond acceptors (Lipinski definition) is 4. The molecular weight excluding hydrogens is 204 g/mol. The van der Waals surface area contributed by atoms with Crippen LogP contribution in [0.3, 0.4) is 0 Å². The number of fused-ring (bicyclic) bond motifs is 2. The fourth-order valence-electron chi connectivity index (χ4n) is 1.61. The molecule has 0 radical (unpaired) electrons. The smallest absolute Gasteiger partial charge is 0.183 e. The van der Waals surface area contributed by atoms with Crippen LogP contribution in [-0.4, -0.2) is 51.4 Å². The summed E-state index contributed by atoms with van der Waals surface area (Å²) in [7, 11) is 0. The average molecular weight is 212 g/mol. The maximum absolute atomic E-state index is 5.36. The minimum atomic E-state index is 0.865. The van der Waals surface area contributed by atoms with Gasteiger partial charge in [-0.2, -0.15) is 0 Å². The summed E-state index contributed by atoms with van der Waals surface area (Å²) in [6.45, 7) is 3.60. The molecule has 13 heavy (non-hydrogen) atoms. The second-order valence-corrected chi connectivity index (χ2v) is 4.32. The summed E-state index contributed by atoms with van der Waals surface area (Å²) in [5.41, 5.74) is 0. The average Bonchev–Trinajstić information content (AvgIpc) is 2.71. The van der Waals surface area contributed by atoms with E-state index in [2.05, 4.69) is 19.8 Å². The summed E-state index contributed by atoms with van der Waals surface area (Å²) in [5, 5.41) is 2.94. The van der Waals surface area contributed by atoms with Gasteiger partial charge in [0.2, 0.25) is 0 Å². The highest BCUT2D eigenvalue weighted by Gasteiger charge is 2.36. The van der Waals surface area contributed by atoms with Gasteiger partial charge in [0.15, 0.2) is 15.4 Å². The van der Waals surface area contributed by atoms with Crippen molar-refractivity contribution in [2.24, 2.45) is 9.98 Å². The summed E-state index contributed by atoms with van der Waals surface area (Å²) < 4.78 is 0. The van der Waals surface area contributed by atoms with Crippen LogP contribution in [0.5, 0.6) is 0 Å². The second-order valence-electron chi connectivity index (χ2n) is 3.02. The Hall–Kier alpha value is -0.620. The SMILES string of the molecule is S=C1N2CCN=C2SC2=NCCN12. The molecule has 68 valence electrons. The van der Waals surface area contributed by atoms with Gasteiger partial charge >= 0.3 is 0 Å². The second kappa shape index (κ2) is 2.68. The van der Waals surface area contributed by atoms with Gasteiger partial charge in [-0.3, -0.25) is 19.8 Å². The fraction of sp³-hybridized carbons (Fsp3) is 0.571. The molecule has 3 heterocycles. The predicted octanol–water partition coefficient (Wildman–Crippen LogP) is 0.361. The molecule has 0 saturated carbocycles. The van der Waals surface area contributed by atoms with Crippen molar-refractivity contribution in [1.82, 2.24) is 9.80 Å². The van der Waals surface area contributed by atoms with Crippen molar-refractivity contribution in [2.75, 3.05) is 26.2 Å². The van der Waals surface area contributed by atoms with E-state index in [1.165, 1.54) is 0 Å². The Balaban J connectivity index is 1.99. The van der Waals surface area contributed by atoms with Crippen LogP contribution in [0.4, 0.5) is 0 Å². The van der Waals surface area contributed by atoms with Gasteiger partial charge in [-0.05, 0) is 24.0 Å². The minimum Gasteiger partial charge on any atom is -0.296 e. The van der Waals surface area contributed by atoms with Gasteiger partial charge in [0.1, 0.15) is 0 Å². The van der Waals surface area contributed by atoms with Gasteiger partial charge in [-0.1, -0.05) is 0 Å². The van der Waals surface area contributed by atoms with Crippen molar-refractivity contribution in [2.45, 2.75) is 0 Å². The third-order valence-corrected chi connectivity index (χ3v) is 3.75. The van der Waals surface area contributed by atoms with Crippen LogP contribution in [0.1, 0.15) is 0 Å². The van der Waals surface area contributed by atoms with Gasteiger partial charge in [-0.25, -0.2) is 0 Å². The first-order valence-corrected chi connectivity index (χ1v) is 5.44. The first-order valence-electron chi connectivity index (χ1n) is 4.22. The van der Waals surface area contributed by atoms with E-state index in [9.17, 15) is 0 Å². The van der Waals surface area contributed by atoms with Crippen LogP contribution in [0.2, 0.25) is 0 Å². The quantitative estimate of drug-likeness (QED) is 0.543. The van der Waals surface area contributed by atoms with E-state index in [0.29, 0.717) is 0 Å². The highest BCUT2D eigenvalue weighted by Crippen LogP contribution is 2.28. The largest absolute Gasteiger partial charge is 0.296 e. The van der Waals surface area contributed by atoms with Gasteiger partial charge in [-0.15, -0.1) is 0 Å². The zero-order chi connectivity index (χ0) is 8.84. The lowest BCUT2D eigenvalue weighted by Crippen LogP contribution is -2.49. The van der Waals surface area contributed by atoms with Crippen molar-refractivity contribution in [3.8, 4) is 0 Å². The Morgan fingerprint density at radius 2 is 1.62 bits per heavy atom. The number of hydrogen-bond donors (Lipinski definition) is 0. The molecule has 6 heteroatoms. The maximum Gasteiger partial charge on any atom is 0.183 e. The summed E-state index contributed by atoms with van der Waals surface area (Å²) in [6, 6.07) is 0. The van der Waals surface area contributed by atoms with E-state index in [0.717, 1.165) is 41.6 Å². The highest BCUT2D eigenvalue weighted by molar-refractivity contribution is 8.26. The van der Waals surface area contributed by atoms with Crippen molar-refractivity contribution in [1.29, 1.82) is 0 Å². The summed E-state index contributed by atoms with van der Waals surface area (Å²) in [5.74, 6) is 0. The van der Waals surface area contributed by atoms with Gasteiger partial charge in [0, 0.05) is 13.1 Å². The lowest BCUT2D eigenvalue weighted by atomic mass is 10.5. The lowest BCUT2D eigenvalue weighted by Gasteiger charge is -2.33. The number of amidine groups is 2. The monoisotopic (exact) mass is 212 g/mol. The normalized spacial score (nSPS) is 25.7. The maximum atomic E-state index is 5.36. The molecule has 0 aromatic heterocycles. The molecule has 3 aliphatic heterocycles. The summed E-state index contributed by atoms with van der Waals surface area (Å²) >= 11 is 7.00. The molecule has 4 nitrogen and oxygen atoms in total. The van der Waals surface area contributed by atoms with Crippen molar-refractivity contribution in [3.05, 3.63) is 0 Å². The zero-order valence-electron chi connectivity index (χ0n) is 6.93. The molecule has 1 saturated heterocycles. The molecule has 1 fully saturated rings. The predicted molar refractivity (Wildman–Crippen MR) is 58.2 cm³/mol. The van der Waals surface area contributed by atoms with E-state index in [4.69, 9.17) is 12.2 Å². The number of aliphatic imine (C=N–C) groups is 2. The molecular formula is C7H8N4S2. The van der Waals surface area contributed by atoms with Gasteiger partial charge in [0.05, 0.1) is 13.1 Å². The van der Waals surface area contributed by atoms with Crippen LogP contribution in [0, 0.1) is 0 Å². The molecule has 3 aliphatic rings. The lowest BCUT2D eigenvalue weighted by molar-refractivity contribution is 0.560. The molecule has 0 N–H and O–H groups in total. The third-order valence-electron chi connectivity index (χ3n) is 2.25. The number of thiocarbonyl (C=S) groups is 1. The third kappa shape index (κ3) is 1.02. The molecule has 0 aromatic carbocycles. The molecule has 0 aliphatic carbocycles. The Morgan fingerprint density at radius 1 is 1.08 bits per heavy atom. The first kappa shape index (κ1) is 7.75. The number of rotatable bonds is 0. The van der Waals surface area contributed by atoms with Crippen molar-refractivity contribution >= 4 is 39.4 Å². The molecule has 3 rings (SSSR count). The van der Waals surface area contributed by atoms with E-state index in [1.807, 2.05) is 0 Å². The summed E-state index contributed by atoms with van der Waals surface area (Å²) in [6.07, 6.45) is 0. The standard InChI is InChI=1S/C7H8N4S2/c12-7-10-3-1-8-5(10)13-6-9-2-4-11(6)7/h1-4H2. The highest BCUT2D eigenvalue weighted by atomic mass is 32.2.